The molecule has 7 heteroatoms. The highest BCUT2D eigenvalue weighted by molar-refractivity contribution is 6.02. The van der Waals surface area contributed by atoms with Crippen LogP contribution in [0.1, 0.15) is 77.5 Å². The van der Waals surface area contributed by atoms with Crippen molar-refractivity contribution in [2.75, 3.05) is 6.54 Å². The summed E-state index contributed by atoms with van der Waals surface area (Å²) >= 11 is 0. The molecule has 0 saturated carbocycles. The number of halogens is 3. The van der Waals surface area contributed by atoms with Gasteiger partial charge in [-0.1, -0.05) is 95.3 Å². The zero-order valence-electron chi connectivity index (χ0n) is 24.2. The Labute approximate surface area is 233 Å². The number of benzene rings is 2. The van der Waals surface area contributed by atoms with Crippen LogP contribution in [0.2, 0.25) is 0 Å². The van der Waals surface area contributed by atoms with Gasteiger partial charge >= 0.3 is 6.18 Å². The molecule has 0 amide bonds. The van der Waals surface area contributed by atoms with Gasteiger partial charge in [0, 0.05) is 29.6 Å². The summed E-state index contributed by atoms with van der Waals surface area (Å²) in [6, 6.07) is 15.4. The highest BCUT2D eigenvalue weighted by Gasteiger charge is 2.32. The van der Waals surface area contributed by atoms with Crippen LogP contribution in [-0.4, -0.2) is 18.4 Å². The van der Waals surface area contributed by atoms with Gasteiger partial charge in [0.15, 0.2) is 0 Å². The predicted octanol–water partition coefficient (Wildman–Crippen LogP) is 8.24. The molecule has 1 aliphatic rings. The molecule has 0 heterocycles. The van der Waals surface area contributed by atoms with Crippen molar-refractivity contribution in [1.82, 2.24) is 10.6 Å². The van der Waals surface area contributed by atoms with Gasteiger partial charge in [-0.05, 0) is 49.5 Å². The fourth-order valence-corrected chi connectivity index (χ4v) is 3.86. The molecule has 3 rings (SSSR count). The van der Waals surface area contributed by atoms with Crippen LogP contribution in [0, 0.1) is 0 Å². The second-order valence-electron chi connectivity index (χ2n) is 8.51. The fraction of sp³-hybridized carbons (Fsp3) is 0.406. The van der Waals surface area contributed by atoms with Crippen molar-refractivity contribution in [2.24, 2.45) is 10.7 Å². The van der Waals surface area contributed by atoms with Crippen molar-refractivity contribution in [1.29, 1.82) is 0 Å². The van der Waals surface area contributed by atoms with Crippen molar-refractivity contribution >= 4 is 11.5 Å². The third-order valence-electron chi connectivity index (χ3n) is 5.63. The Morgan fingerprint density at radius 3 is 2.28 bits per heavy atom. The van der Waals surface area contributed by atoms with Crippen LogP contribution in [-0.2, 0) is 12.7 Å². The summed E-state index contributed by atoms with van der Waals surface area (Å²) in [7, 11) is 0. The molecular weight excluding hydrogens is 497 g/mol. The summed E-state index contributed by atoms with van der Waals surface area (Å²) in [5, 5.41) is 6.85. The minimum absolute atomic E-state index is 0.112. The lowest BCUT2D eigenvalue weighted by molar-refractivity contribution is -0.138. The molecule has 0 radical (unpaired) electrons. The van der Waals surface area contributed by atoms with Crippen molar-refractivity contribution in [3.05, 3.63) is 101 Å². The van der Waals surface area contributed by atoms with Crippen LogP contribution < -0.4 is 16.4 Å². The summed E-state index contributed by atoms with van der Waals surface area (Å²) in [5.74, 6) is 0.488. The van der Waals surface area contributed by atoms with E-state index in [2.05, 4.69) is 28.6 Å². The molecule has 0 saturated heterocycles. The van der Waals surface area contributed by atoms with Gasteiger partial charge in [-0.25, -0.2) is 0 Å². The number of rotatable bonds is 9. The lowest BCUT2D eigenvalue weighted by atomic mass is 10.0. The minimum Gasteiger partial charge on any atom is -0.401 e. The maximum absolute atomic E-state index is 13.5. The van der Waals surface area contributed by atoms with Gasteiger partial charge in [0.05, 0.1) is 12.1 Å². The second kappa shape index (κ2) is 17.9. The number of hydrogen-bond acceptors (Lipinski definition) is 3. The molecule has 39 heavy (non-hydrogen) atoms. The van der Waals surface area contributed by atoms with E-state index in [9.17, 15) is 13.2 Å². The van der Waals surface area contributed by atoms with E-state index in [1.54, 1.807) is 6.07 Å². The molecule has 1 aliphatic carbocycles. The standard InChI is InChI=1S/C28H33F3N4.2C2H6/c1-3-17-33-26(21-11-5-4-6-12-21)18-20(2)35-27(23-14-8-10-16-25(23)32)34-19-22-13-7-9-15-24(22)28(29,30)31;2*1-2/h4-9,11-15,18,20,33H,3,10,16-17,19,32H2,1-2H3,(H,34,35);2*1-2H3/b26-18-;;. The molecule has 4 N–H and O–H groups in total. The van der Waals surface area contributed by atoms with Gasteiger partial charge in [0.1, 0.15) is 5.84 Å². The van der Waals surface area contributed by atoms with Crippen LogP contribution in [0.4, 0.5) is 13.2 Å². The van der Waals surface area contributed by atoms with Gasteiger partial charge in [-0.2, -0.15) is 13.2 Å². The van der Waals surface area contributed by atoms with Crippen LogP contribution >= 0.6 is 0 Å². The summed E-state index contributed by atoms with van der Waals surface area (Å²) < 4.78 is 40.5. The number of alkyl halides is 3. The Balaban J connectivity index is 0.00000181. The zero-order valence-corrected chi connectivity index (χ0v) is 24.2. The highest BCUT2D eigenvalue weighted by atomic mass is 19.4. The summed E-state index contributed by atoms with van der Waals surface area (Å²) in [5.41, 5.74) is 9.17. The Hall–Kier alpha value is -3.48. The molecule has 0 aliphatic heterocycles. The molecule has 2 aromatic carbocycles. The Kier molecular flexibility index (Phi) is 15.4. The average molecular weight is 543 g/mol. The normalized spacial score (nSPS) is 14.5. The van der Waals surface area contributed by atoms with E-state index in [-0.39, 0.29) is 18.2 Å². The molecular formula is C32H45F3N4. The Morgan fingerprint density at radius 1 is 1.03 bits per heavy atom. The summed E-state index contributed by atoms with van der Waals surface area (Å²) in [6.45, 7) is 12.8. The van der Waals surface area contributed by atoms with E-state index in [1.807, 2.05) is 77.1 Å². The highest BCUT2D eigenvalue weighted by Crippen LogP contribution is 2.32. The number of amidine groups is 1. The third-order valence-corrected chi connectivity index (χ3v) is 5.63. The van der Waals surface area contributed by atoms with E-state index >= 15 is 0 Å². The first kappa shape index (κ1) is 33.5. The molecule has 0 aromatic heterocycles. The number of nitrogens with two attached hydrogens (primary N) is 1. The predicted molar refractivity (Wildman–Crippen MR) is 160 cm³/mol. The number of nitrogens with one attached hydrogen (secondary N) is 2. The van der Waals surface area contributed by atoms with Crippen molar-refractivity contribution in [3.8, 4) is 0 Å². The first-order chi connectivity index (χ1) is 18.8. The second-order valence-corrected chi connectivity index (χ2v) is 8.51. The smallest absolute Gasteiger partial charge is 0.401 e. The fourth-order valence-electron chi connectivity index (χ4n) is 3.86. The van der Waals surface area contributed by atoms with Crippen LogP contribution in [0.15, 0.2) is 89.1 Å². The molecule has 0 bridgehead atoms. The maximum atomic E-state index is 13.5. The molecule has 4 nitrogen and oxygen atoms in total. The van der Waals surface area contributed by atoms with Crippen LogP contribution in [0.5, 0.6) is 0 Å². The van der Waals surface area contributed by atoms with E-state index in [0.717, 1.165) is 42.3 Å². The number of hydrogen-bond donors (Lipinski definition) is 3. The summed E-state index contributed by atoms with van der Waals surface area (Å²) in [6.07, 6.45) is 4.01. The van der Waals surface area contributed by atoms with E-state index in [0.29, 0.717) is 18.0 Å². The Bertz CT molecular complexity index is 1100. The maximum Gasteiger partial charge on any atom is 0.416 e. The topological polar surface area (TPSA) is 62.4 Å². The summed E-state index contributed by atoms with van der Waals surface area (Å²) in [4.78, 5) is 4.59. The van der Waals surface area contributed by atoms with Gasteiger partial charge in [0.2, 0.25) is 0 Å². The lowest BCUT2D eigenvalue weighted by Gasteiger charge is -2.21. The van der Waals surface area contributed by atoms with Gasteiger partial charge in [-0.15, -0.1) is 0 Å². The average Bonchev–Trinajstić information content (AvgIpc) is 2.96. The SMILES string of the molecule is CC.CC.CCCN/C(=C\C(C)NC(=NCc1ccccc1C(F)(F)F)C1=C(N)CCC=C1)c1ccccc1. The molecule has 0 fully saturated rings. The van der Waals surface area contributed by atoms with E-state index < -0.39 is 11.7 Å². The first-order valence-corrected chi connectivity index (χ1v) is 13.9. The monoisotopic (exact) mass is 542 g/mol. The largest absolute Gasteiger partial charge is 0.416 e. The molecule has 0 spiro atoms. The zero-order chi connectivity index (χ0) is 29.3. The van der Waals surface area contributed by atoms with Crippen LogP contribution in [0.3, 0.4) is 0 Å². The van der Waals surface area contributed by atoms with Crippen molar-refractivity contribution in [2.45, 2.75) is 79.6 Å². The quantitative estimate of drug-likeness (QED) is 0.221. The number of allylic oxidation sites excluding steroid dienone is 2. The first-order valence-electron chi connectivity index (χ1n) is 13.9. The minimum atomic E-state index is -4.44. The molecule has 1 atom stereocenters. The van der Waals surface area contributed by atoms with Gasteiger partial charge in [0.25, 0.3) is 0 Å². The van der Waals surface area contributed by atoms with Crippen molar-refractivity contribution < 1.29 is 13.2 Å². The van der Waals surface area contributed by atoms with Gasteiger partial charge in [-0.3, -0.25) is 4.99 Å². The molecule has 2 aromatic rings. The van der Waals surface area contributed by atoms with E-state index in [4.69, 9.17) is 5.73 Å². The third kappa shape index (κ3) is 11.0. The number of aliphatic imine (C=N–C) groups is 1. The van der Waals surface area contributed by atoms with Crippen LogP contribution in [0.25, 0.3) is 5.70 Å². The number of nitrogens with zero attached hydrogens (tertiary/aromatic N) is 1. The lowest BCUT2D eigenvalue weighted by Crippen LogP contribution is -2.34. The molecule has 214 valence electrons. The van der Waals surface area contributed by atoms with E-state index in [1.165, 1.54) is 12.1 Å². The molecule has 1 unspecified atom stereocenters. The van der Waals surface area contributed by atoms with Gasteiger partial charge < -0.3 is 16.4 Å². The van der Waals surface area contributed by atoms with Crippen molar-refractivity contribution in [3.63, 3.8) is 0 Å². The Morgan fingerprint density at radius 2 is 1.67 bits per heavy atom.